The average molecular weight is 376 g/mol. The SMILES string of the molecule is CCNCc1cccc(NC(=O)C2CCN(S(C)(=O)=O)CC2)c1.Cl. The summed E-state index contributed by atoms with van der Waals surface area (Å²) in [5.74, 6) is -0.163. The highest BCUT2D eigenvalue weighted by Crippen LogP contribution is 2.21. The van der Waals surface area contributed by atoms with Gasteiger partial charge in [-0.3, -0.25) is 4.79 Å². The number of nitrogens with one attached hydrogen (secondary N) is 2. The molecule has 0 atom stereocenters. The van der Waals surface area contributed by atoms with Gasteiger partial charge in [-0.15, -0.1) is 12.4 Å². The number of benzene rings is 1. The van der Waals surface area contributed by atoms with Crippen LogP contribution in [0.4, 0.5) is 5.69 Å². The number of anilines is 1. The van der Waals surface area contributed by atoms with Gasteiger partial charge in [0.1, 0.15) is 0 Å². The number of halogens is 1. The van der Waals surface area contributed by atoms with Crippen LogP contribution in [0.25, 0.3) is 0 Å². The molecular weight excluding hydrogens is 350 g/mol. The standard InChI is InChI=1S/C16H25N3O3S.ClH/c1-3-17-12-13-5-4-6-15(11-13)18-16(20)14-7-9-19(10-8-14)23(2,21)22;/h4-6,11,14,17H,3,7-10,12H2,1-2H3,(H,18,20);1H. The van der Waals surface area contributed by atoms with Gasteiger partial charge in [0, 0.05) is 31.2 Å². The Hall–Kier alpha value is -1.15. The fourth-order valence-corrected chi connectivity index (χ4v) is 3.60. The molecular formula is C16H26ClN3O3S. The molecule has 1 heterocycles. The minimum atomic E-state index is -3.15. The first-order chi connectivity index (χ1) is 10.9. The Balaban J connectivity index is 0.00000288. The summed E-state index contributed by atoms with van der Waals surface area (Å²) in [5, 5.41) is 6.20. The Labute approximate surface area is 150 Å². The normalized spacial score (nSPS) is 16.4. The smallest absolute Gasteiger partial charge is 0.227 e. The van der Waals surface area contributed by atoms with E-state index in [1.165, 1.54) is 10.6 Å². The lowest BCUT2D eigenvalue weighted by molar-refractivity contribution is -0.120. The maximum absolute atomic E-state index is 12.4. The molecule has 24 heavy (non-hydrogen) atoms. The predicted molar refractivity (Wildman–Crippen MR) is 98.8 cm³/mol. The Morgan fingerprint density at radius 1 is 1.29 bits per heavy atom. The van der Waals surface area contributed by atoms with Gasteiger partial charge < -0.3 is 10.6 Å². The summed E-state index contributed by atoms with van der Waals surface area (Å²) >= 11 is 0. The number of nitrogens with zero attached hydrogens (tertiary/aromatic N) is 1. The van der Waals surface area contributed by atoms with Crippen molar-refractivity contribution < 1.29 is 13.2 Å². The second-order valence-electron chi connectivity index (χ2n) is 5.91. The van der Waals surface area contributed by atoms with Gasteiger partial charge in [-0.2, -0.15) is 0 Å². The zero-order chi connectivity index (χ0) is 16.9. The first-order valence-electron chi connectivity index (χ1n) is 7.96. The Morgan fingerprint density at radius 2 is 1.96 bits per heavy atom. The van der Waals surface area contributed by atoms with Crippen LogP contribution in [0.1, 0.15) is 25.3 Å². The Kier molecular flexibility index (Phi) is 8.15. The van der Waals surface area contributed by atoms with Gasteiger partial charge in [0.2, 0.25) is 15.9 Å². The second-order valence-corrected chi connectivity index (χ2v) is 7.89. The number of piperidine rings is 1. The highest BCUT2D eigenvalue weighted by molar-refractivity contribution is 7.88. The summed E-state index contributed by atoms with van der Waals surface area (Å²) in [7, 11) is -3.15. The van der Waals surface area contributed by atoms with Gasteiger partial charge in [0.15, 0.2) is 0 Å². The minimum absolute atomic E-state index is 0. The summed E-state index contributed by atoms with van der Waals surface area (Å²) in [6.45, 7) is 4.55. The van der Waals surface area contributed by atoms with Gasteiger partial charge in [-0.05, 0) is 37.1 Å². The molecule has 0 bridgehead atoms. The van der Waals surface area contributed by atoms with Crippen LogP contribution in [0.2, 0.25) is 0 Å². The van der Waals surface area contributed by atoms with Crippen molar-refractivity contribution in [3.05, 3.63) is 29.8 Å². The van der Waals surface area contributed by atoms with Crippen LogP contribution in [-0.4, -0.2) is 44.5 Å². The molecule has 0 aliphatic carbocycles. The monoisotopic (exact) mass is 375 g/mol. The molecule has 1 amide bonds. The molecule has 1 aliphatic rings. The third-order valence-corrected chi connectivity index (χ3v) is 5.37. The van der Waals surface area contributed by atoms with Crippen molar-refractivity contribution in [2.45, 2.75) is 26.3 Å². The van der Waals surface area contributed by atoms with E-state index in [1.807, 2.05) is 24.3 Å². The number of carbonyl (C=O) groups is 1. The molecule has 8 heteroatoms. The van der Waals surface area contributed by atoms with Crippen molar-refractivity contribution in [2.75, 3.05) is 31.2 Å². The molecule has 2 rings (SSSR count). The molecule has 0 radical (unpaired) electrons. The molecule has 1 aromatic rings. The van der Waals surface area contributed by atoms with E-state index in [0.717, 1.165) is 24.3 Å². The van der Waals surface area contributed by atoms with Crippen molar-refractivity contribution in [1.82, 2.24) is 9.62 Å². The number of amides is 1. The fourth-order valence-electron chi connectivity index (χ4n) is 2.72. The van der Waals surface area contributed by atoms with E-state index in [0.29, 0.717) is 25.9 Å². The van der Waals surface area contributed by atoms with Crippen LogP contribution in [-0.2, 0) is 21.4 Å². The van der Waals surface area contributed by atoms with Crippen LogP contribution < -0.4 is 10.6 Å². The first-order valence-corrected chi connectivity index (χ1v) is 9.80. The van der Waals surface area contributed by atoms with Crippen molar-refractivity contribution in [3.63, 3.8) is 0 Å². The predicted octanol–water partition coefficient (Wildman–Crippen LogP) is 1.83. The average Bonchev–Trinajstić information content (AvgIpc) is 2.52. The van der Waals surface area contributed by atoms with Gasteiger partial charge in [0.25, 0.3) is 0 Å². The van der Waals surface area contributed by atoms with Crippen molar-refractivity contribution in [3.8, 4) is 0 Å². The number of sulfonamides is 1. The Bertz CT molecular complexity index is 644. The quantitative estimate of drug-likeness (QED) is 0.795. The summed E-state index contributed by atoms with van der Waals surface area (Å²) in [6, 6.07) is 7.78. The van der Waals surface area contributed by atoms with Crippen molar-refractivity contribution in [1.29, 1.82) is 0 Å². The molecule has 1 saturated heterocycles. The molecule has 0 aromatic heterocycles. The van der Waals surface area contributed by atoms with Crippen LogP contribution in [0, 0.1) is 5.92 Å². The molecule has 136 valence electrons. The van der Waals surface area contributed by atoms with Gasteiger partial charge in [-0.25, -0.2) is 12.7 Å². The van der Waals surface area contributed by atoms with Crippen LogP contribution >= 0.6 is 12.4 Å². The van der Waals surface area contributed by atoms with Crippen molar-refractivity contribution >= 4 is 34.0 Å². The third kappa shape index (κ3) is 6.05. The molecule has 6 nitrogen and oxygen atoms in total. The van der Waals surface area contributed by atoms with Crippen LogP contribution in [0.15, 0.2) is 24.3 Å². The van der Waals surface area contributed by atoms with E-state index in [1.54, 1.807) is 0 Å². The molecule has 2 N–H and O–H groups in total. The van der Waals surface area contributed by atoms with E-state index in [2.05, 4.69) is 17.6 Å². The highest BCUT2D eigenvalue weighted by Gasteiger charge is 2.28. The summed E-state index contributed by atoms with van der Waals surface area (Å²) in [6.07, 6.45) is 2.34. The molecule has 0 saturated carbocycles. The fraction of sp³-hybridized carbons (Fsp3) is 0.562. The zero-order valence-electron chi connectivity index (χ0n) is 14.1. The largest absolute Gasteiger partial charge is 0.326 e. The summed E-state index contributed by atoms with van der Waals surface area (Å²) in [4.78, 5) is 12.4. The van der Waals surface area contributed by atoms with E-state index in [-0.39, 0.29) is 24.2 Å². The molecule has 1 fully saturated rings. The summed E-state index contributed by atoms with van der Waals surface area (Å²) < 4.78 is 24.4. The molecule has 0 spiro atoms. The third-order valence-electron chi connectivity index (χ3n) is 4.07. The topological polar surface area (TPSA) is 78.5 Å². The van der Waals surface area contributed by atoms with Gasteiger partial charge in [0.05, 0.1) is 6.26 Å². The Morgan fingerprint density at radius 3 is 2.54 bits per heavy atom. The number of carbonyl (C=O) groups excluding carboxylic acids is 1. The lowest BCUT2D eigenvalue weighted by Gasteiger charge is -2.29. The van der Waals surface area contributed by atoms with Crippen LogP contribution in [0.5, 0.6) is 0 Å². The maximum atomic E-state index is 12.4. The lowest BCUT2D eigenvalue weighted by Crippen LogP contribution is -2.40. The first kappa shape index (κ1) is 20.9. The van der Waals surface area contributed by atoms with E-state index in [9.17, 15) is 13.2 Å². The van der Waals surface area contributed by atoms with Gasteiger partial charge in [-0.1, -0.05) is 19.1 Å². The maximum Gasteiger partial charge on any atom is 0.227 e. The number of hydrogen-bond acceptors (Lipinski definition) is 4. The number of rotatable bonds is 6. The van der Waals surface area contributed by atoms with E-state index >= 15 is 0 Å². The van der Waals surface area contributed by atoms with Gasteiger partial charge >= 0.3 is 0 Å². The second kappa shape index (κ2) is 9.36. The zero-order valence-corrected chi connectivity index (χ0v) is 15.8. The molecule has 0 unspecified atom stereocenters. The van der Waals surface area contributed by atoms with E-state index in [4.69, 9.17) is 0 Å². The molecule has 1 aliphatic heterocycles. The van der Waals surface area contributed by atoms with E-state index < -0.39 is 10.0 Å². The lowest BCUT2D eigenvalue weighted by atomic mass is 9.97. The minimum Gasteiger partial charge on any atom is -0.326 e. The highest BCUT2D eigenvalue weighted by atomic mass is 35.5. The van der Waals surface area contributed by atoms with Crippen molar-refractivity contribution in [2.24, 2.45) is 5.92 Å². The number of hydrogen-bond donors (Lipinski definition) is 2. The van der Waals surface area contributed by atoms with Crippen LogP contribution in [0.3, 0.4) is 0 Å². The molecule has 1 aromatic carbocycles. The summed E-state index contributed by atoms with van der Waals surface area (Å²) in [5.41, 5.74) is 1.91.